The van der Waals surface area contributed by atoms with Gasteiger partial charge in [0, 0.05) is 11.9 Å². The highest BCUT2D eigenvalue weighted by molar-refractivity contribution is 5.95. The fourth-order valence-corrected chi connectivity index (χ4v) is 2.60. The molecule has 0 aliphatic carbocycles. The van der Waals surface area contributed by atoms with E-state index in [2.05, 4.69) is 16.4 Å². The third-order valence-electron chi connectivity index (χ3n) is 4.06. The quantitative estimate of drug-likeness (QED) is 0.711. The Hall–Kier alpha value is -3.52. The number of rotatable bonds is 6. The van der Waals surface area contributed by atoms with Crippen LogP contribution in [0.1, 0.15) is 33.2 Å². The maximum Gasteiger partial charge on any atom is 0.254 e. The van der Waals surface area contributed by atoms with Crippen LogP contribution in [0.25, 0.3) is 0 Å². The number of amides is 1. The number of nitrogens with one attached hydrogen (secondary N) is 2. The highest BCUT2D eigenvalue weighted by Crippen LogP contribution is 2.19. The van der Waals surface area contributed by atoms with Crippen molar-refractivity contribution in [3.63, 3.8) is 0 Å². The summed E-state index contributed by atoms with van der Waals surface area (Å²) in [6.07, 6.45) is 1.70. The van der Waals surface area contributed by atoms with E-state index in [-0.39, 0.29) is 5.91 Å². The molecule has 1 amide bonds. The van der Waals surface area contributed by atoms with Gasteiger partial charge in [0.05, 0.1) is 11.6 Å². The predicted molar refractivity (Wildman–Crippen MR) is 98.6 cm³/mol. The average molecular weight is 345 g/mol. The van der Waals surface area contributed by atoms with Gasteiger partial charge in [-0.1, -0.05) is 42.5 Å². The number of nitrogens with zero attached hydrogens (tertiary/aromatic N) is 1. The predicted octanol–water partition coefficient (Wildman–Crippen LogP) is 3.90. The second-order valence-electron chi connectivity index (χ2n) is 5.90. The number of H-pyrrole nitrogens is 1. The van der Waals surface area contributed by atoms with Crippen molar-refractivity contribution >= 4 is 5.91 Å². The maximum atomic E-state index is 12.3. The topological polar surface area (TPSA) is 77.9 Å². The molecule has 5 heteroatoms. The number of carbonyl (C=O) groups excluding carboxylic acids is 1. The number of hydrogen-bond donors (Lipinski definition) is 2. The van der Waals surface area contributed by atoms with Crippen molar-refractivity contribution in [3.8, 4) is 11.8 Å². The van der Waals surface area contributed by atoms with E-state index < -0.39 is 6.04 Å². The third kappa shape index (κ3) is 4.11. The van der Waals surface area contributed by atoms with Crippen LogP contribution >= 0.6 is 0 Å². The lowest BCUT2D eigenvalue weighted by molar-refractivity contribution is 0.0944. The minimum atomic E-state index is -0.722. The summed E-state index contributed by atoms with van der Waals surface area (Å²) in [6, 6.07) is 20.2. The van der Waals surface area contributed by atoms with E-state index >= 15 is 0 Å². The summed E-state index contributed by atoms with van der Waals surface area (Å²) in [6.45, 7) is 2.29. The van der Waals surface area contributed by atoms with Gasteiger partial charge in [0.2, 0.25) is 0 Å². The zero-order valence-corrected chi connectivity index (χ0v) is 14.4. The van der Waals surface area contributed by atoms with Crippen molar-refractivity contribution < 1.29 is 9.53 Å². The van der Waals surface area contributed by atoms with Crippen LogP contribution in [0.2, 0.25) is 0 Å². The molecule has 26 heavy (non-hydrogen) atoms. The molecule has 0 saturated heterocycles. The van der Waals surface area contributed by atoms with Gasteiger partial charge >= 0.3 is 0 Å². The molecule has 0 aliphatic rings. The Bertz CT molecular complexity index is 908. The molecule has 3 rings (SSSR count). The monoisotopic (exact) mass is 345 g/mol. The Labute approximate surface area is 152 Å². The smallest absolute Gasteiger partial charge is 0.254 e. The Morgan fingerprint density at radius 1 is 1.15 bits per heavy atom. The molecule has 1 aromatic heterocycles. The minimum Gasteiger partial charge on any atom is -0.489 e. The van der Waals surface area contributed by atoms with Crippen LogP contribution in [-0.2, 0) is 6.61 Å². The molecule has 130 valence electrons. The van der Waals surface area contributed by atoms with Crippen molar-refractivity contribution in [1.82, 2.24) is 10.3 Å². The number of aromatic nitrogens is 1. The average Bonchev–Trinajstić information content (AvgIpc) is 3.12. The van der Waals surface area contributed by atoms with E-state index in [0.717, 1.165) is 11.3 Å². The molecule has 0 radical (unpaired) electrons. The first-order chi connectivity index (χ1) is 12.7. The molecule has 0 unspecified atom stereocenters. The molecule has 3 aromatic rings. The van der Waals surface area contributed by atoms with Gasteiger partial charge in [-0.15, -0.1) is 0 Å². The number of hydrogen-bond acceptors (Lipinski definition) is 3. The first-order valence-electron chi connectivity index (χ1n) is 8.28. The zero-order valence-electron chi connectivity index (χ0n) is 14.4. The summed E-state index contributed by atoms with van der Waals surface area (Å²) in [7, 11) is 0. The van der Waals surface area contributed by atoms with E-state index in [1.54, 1.807) is 36.5 Å². The summed E-state index contributed by atoms with van der Waals surface area (Å²) < 4.78 is 5.74. The van der Waals surface area contributed by atoms with Crippen LogP contribution < -0.4 is 10.1 Å². The van der Waals surface area contributed by atoms with Crippen LogP contribution in [0.3, 0.4) is 0 Å². The fraction of sp³-hybridized carbons (Fsp3) is 0.143. The van der Waals surface area contributed by atoms with Crippen LogP contribution in [0.4, 0.5) is 0 Å². The Morgan fingerprint density at radius 2 is 1.88 bits per heavy atom. The van der Waals surface area contributed by atoms with Gasteiger partial charge in [-0.25, -0.2) is 0 Å². The van der Waals surface area contributed by atoms with Crippen molar-refractivity contribution in [1.29, 1.82) is 5.26 Å². The van der Waals surface area contributed by atoms with Crippen molar-refractivity contribution in [3.05, 3.63) is 89.2 Å². The van der Waals surface area contributed by atoms with Gasteiger partial charge in [0.1, 0.15) is 18.4 Å². The highest BCUT2D eigenvalue weighted by Gasteiger charge is 2.17. The van der Waals surface area contributed by atoms with Gasteiger partial charge in [-0.05, 0) is 36.2 Å². The van der Waals surface area contributed by atoms with Crippen LogP contribution in [0.15, 0.2) is 66.9 Å². The summed E-state index contributed by atoms with van der Waals surface area (Å²) in [5, 5.41) is 12.2. The third-order valence-corrected chi connectivity index (χ3v) is 4.06. The van der Waals surface area contributed by atoms with Crippen LogP contribution in [0, 0.1) is 18.3 Å². The standard InChI is InChI=1S/C21H19N3O2/c1-15-19(11-12-23-15)21(25)24-20(13-22)17-7-9-18(10-8-17)26-14-16-5-3-2-4-6-16/h2-12,20,23H,14H2,1H3,(H,24,25)/t20-/m0/s1. The molecule has 0 fully saturated rings. The highest BCUT2D eigenvalue weighted by atomic mass is 16.5. The Morgan fingerprint density at radius 3 is 2.50 bits per heavy atom. The van der Waals surface area contributed by atoms with E-state index in [1.807, 2.05) is 37.3 Å². The number of nitriles is 1. The normalized spacial score (nSPS) is 11.4. The fourth-order valence-electron chi connectivity index (χ4n) is 2.60. The Kier molecular flexibility index (Phi) is 5.35. The summed E-state index contributed by atoms with van der Waals surface area (Å²) in [5.41, 5.74) is 3.10. The zero-order chi connectivity index (χ0) is 18.4. The molecule has 1 heterocycles. The molecular weight excluding hydrogens is 326 g/mol. The summed E-state index contributed by atoms with van der Waals surface area (Å²) >= 11 is 0. The molecule has 1 atom stereocenters. The van der Waals surface area contributed by atoms with E-state index in [4.69, 9.17) is 4.74 Å². The SMILES string of the molecule is Cc1[nH]ccc1C(=O)N[C@@H](C#N)c1ccc(OCc2ccccc2)cc1. The number of benzene rings is 2. The molecule has 0 bridgehead atoms. The number of aryl methyl sites for hydroxylation is 1. The molecular formula is C21H19N3O2. The van der Waals surface area contributed by atoms with E-state index in [1.165, 1.54) is 0 Å². The van der Waals surface area contributed by atoms with Gasteiger partial charge in [0.15, 0.2) is 0 Å². The maximum absolute atomic E-state index is 12.3. The van der Waals surface area contributed by atoms with Gasteiger partial charge < -0.3 is 15.0 Å². The minimum absolute atomic E-state index is 0.278. The number of carbonyl (C=O) groups is 1. The summed E-state index contributed by atoms with van der Waals surface area (Å²) in [4.78, 5) is 15.2. The molecule has 2 aromatic carbocycles. The molecule has 2 N–H and O–H groups in total. The largest absolute Gasteiger partial charge is 0.489 e. The Balaban J connectivity index is 1.63. The lowest BCUT2D eigenvalue weighted by Crippen LogP contribution is -2.27. The van der Waals surface area contributed by atoms with Crippen molar-refractivity contribution in [2.75, 3.05) is 0 Å². The molecule has 5 nitrogen and oxygen atoms in total. The van der Waals surface area contributed by atoms with Crippen molar-refractivity contribution in [2.24, 2.45) is 0 Å². The van der Waals surface area contributed by atoms with Crippen LogP contribution in [0.5, 0.6) is 5.75 Å². The number of ether oxygens (including phenoxy) is 1. The van der Waals surface area contributed by atoms with E-state index in [9.17, 15) is 10.1 Å². The lowest BCUT2D eigenvalue weighted by Gasteiger charge is -2.13. The molecule has 0 saturated carbocycles. The summed E-state index contributed by atoms with van der Waals surface area (Å²) in [5.74, 6) is 0.432. The second kappa shape index (κ2) is 8.04. The second-order valence-corrected chi connectivity index (χ2v) is 5.90. The first kappa shape index (κ1) is 17.3. The first-order valence-corrected chi connectivity index (χ1v) is 8.28. The molecule has 0 spiro atoms. The number of aromatic amines is 1. The van der Waals surface area contributed by atoms with Crippen molar-refractivity contribution in [2.45, 2.75) is 19.6 Å². The van der Waals surface area contributed by atoms with Gasteiger partial charge in [-0.3, -0.25) is 4.79 Å². The van der Waals surface area contributed by atoms with Gasteiger partial charge in [-0.2, -0.15) is 5.26 Å². The van der Waals surface area contributed by atoms with E-state index in [0.29, 0.717) is 23.5 Å². The van der Waals surface area contributed by atoms with Gasteiger partial charge in [0.25, 0.3) is 5.91 Å². The lowest BCUT2D eigenvalue weighted by atomic mass is 10.1. The van der Waals surface area contributed by atoms with Crippen LogP contribution in [-0.4, -0.2) is 10.9 Å². The molecule has 0 aliphatic heterocycles.